The van der Waals surface area contributed by atoms with E-state index in [1.54, 1.807) is 43.5 Å². The zero-order valence-corrected chi connectivity index (χ0v) is 12.6. The van der Waals surface area contributed by atoms with Crippen molar-refractivity contribution in [2.24, 2.45) is 0 Å². The van der Waals surface area contributed by atoms with Crippen molar-refractivity contribution in [3.63, 3.8) is 0 Å². The van der Waals surface area contributed by atoms with Gasteiger partial charge < -0.3 is 19.9 Å². The number of hydrogen-bond acceptors (Lipinski definition) is 4. The van der Waals surface area contributed by atoms with E-state index in [9.17, 15) is 9.90 Å². The van der Waals surface area contributed by atoms with E-state index in [1.165, 1.54) is 7.11 Å². The normalized spacial score (nSPS) is 10.1. The number of phenols is 1. The molecular formula is C17H19NO4. The van der Waals surface area contributed by atoms with Gasteiger partial charge in [0, 0.05) is 12.5 Å². The number of nitrogens with one attached hydrogen (secondary N) is 1. The molecule has 5 heteroatoms. The minimum atomic E-state index is -0.147. The molecule has 0 unspecified atom stereocenters. The van der Waals surface area contributed by atoms with Gasteiger partial charge in [0.1, 0.15) is 17.2 Å². The first-order valence-corrected chi connectivity index (χ1v) is 6.92. The molecule has 2 N–H and O–H groups in total. The fraction of sp³-hybridized carbons (Fsp3) is 0.235. The van der Waals surface area contributed by atoms with Crippen LogP contribution in [0.5, 0.6) is 17.2 Å². The molecule has 0 aliphatic heterocycles. The molecular weight excluding hydrogens is 282 g/mol. The number of rotatable bonds is 6. The van der Waals surface area contributed by atoms with Crippen LogP contribution >= 0.6 is 0 Å². The van der Waals surface area contributed by atoms with Crippen LogP contribution in [0.1, 0.15) is 12.0 Å². The number of carbonyl (C=O) groups is 1. The number of phenolic OH excluding ortho intramolecular Hbond substituents is 1. The topological polar surface area (TPSA) is 67.8 Å². The number of carbonyl (C=O) groups excluding carboxylic acids is 1. The van der Waals surface area contributed by atoms with Gasteiger partial charge >= 0.3 is 0 Å². The third-order valence-corrected chi connectivity index (χ3v) is 3.30. The SMILES string of the molecule is COc1ccc(NC(=O)CCc2ccccc2O)c(OC)c1. The van der Waals surface area contributed by atoms with Crippen LogP contribution in [-0.4, -0.2) is 25.2 Å². The summed E-state index contributed by atoms with van der Waals surface area (Å²) >= 11 is 0. The Morgan fingerprint density at radius 3 is 2.59 bits per heavy atom. The highest BCUT2D eigenvalue weighted by molar-refractivity contribution is 5.92. The second kappa shape index (κ2) is 7.36. The molecule has 0 aromatic heterocycles. The van der Waals surface area contributed by atoms with E-state index in [1.807, 2.05) is 6.07 Å². The van der Waals surface area contributed by atoms with Gasteiger partial charge in [0.2, 0.25) is 5.91 Å². The Morgan fingerprint density at radius 2 is 1.91 bits per heavy atom. The number of para-hydroxylation sites is 1. The number of methoxy groups -OCH3 is 2. The molecule has 2 rings (SSSR count). The van der Waals surface area contributed by atoms with Gasteiger partial charge in [0.05, 0.1) is 19.9 Å². The van der Waals surface area contributed by atoms with E-state index >= 15 is 0 Å². The molecule has 1 amide bonds. The van der Waals surface area contributed by atoms with E-state index in [0.29, 0.717) is 23.6 Å². The molecule has 2 aromatic carbocycles. The molecule has 22 heavy (non-hydrogen) atoms. The highest BCUT2D eigenvalue weighted by atomic mass is 16.5. The lowest BCUT2D eigenvalue weighted by Gasteiger charge is -2.11. The molecule has 0 heterocycles. The predicted octanol–water partition coefficient (Wildman–Crippen LogP) is 2.98. The standard InChI is InChI=1S/C17H19NO4/c1-21-13-8-9-14(16(11-13)22-2)18-17(20)10-7-12-5-3-4-6-15(12)19/h3-6,8-9,11,19H,7,10H2,1-2H3,(H,18,20). The Labute approximate surface area is 129 Å². The summed E-state index contributed by atoms with van der Waals surface area (Å²) < 4.78 is 10.4. The van der Waals surface area contributed by atoms with Gasteiger partial charge in [-0.15, -0.1) is 0 Å². The fourth-order valence-corrected chi connectivity index (χ4v) is 2.08. The van der Waals surface area contributed by atoms with Crippen LogP contribution < -0.4 is 14.8 Å². The van der Waals surface area contributed by atoms with Gasteiger partial charge in [-0.05, 0) is 30.2 Å². The Morgan fingerprint density at radius 1 is 1.14 bits per heavy atom. The van der Waals surface area contributed by atoms with Crippen molar-refractivity contribution in [2.75, 3.05) is 19.5 Å². The van der Waals surface area contributed by atoms with Crippen molar-refractivity contribution in [3.8, 4) is 17.2 Å². The van der Waals surface area contributed by atoms with Crippen LogP contribution in [0.25, 0.3) is 0 Å². The van der Waals surface area contributed by atoms with Gasteiger partial charge in [0.15, 0.2) is 0 Å². The second-order valence-electron chi connectivity index (χ2n) is 4.74. The third-order valence-electron chi connectivity index (χ3n) is 3.30. The lowest BCUT2D eigenvalue weighted by molar-refractivity contribution is -0.116. The van der Waals surface area contributed by atoms with Crippen molar-refractivity contribution in [1.29, 1.82) is 0 Å². The molecule has 2 aromatic rings. The Kier molecular flexibility index (Phi) is 5.25. The molecule has 0 aliphatic carbocycles. The van der Waals surface area contributed by atoms with E-state index in [4.69, 9.17) is 9.47 Å². The monoisotopic (exact) mass is 301 g/mol. The lowest BCUT2D eigenvalue weighted by atomic mass is 10.1. The highest BCUT2D eigenvalue weighted by Crippen LogP contribution is 2.29. The molecule has 0 saturated heterocycles. The van der Waals surface area contributed by atoms with Crippen molar-refractivity contribution in [3.05, 3.63) is 48.0 Å². The minimum Gasteiger partial charge on any atom is -0.508 e. The minimum absolute atomic E-state index is 0.147. The summed E-state index contributed by atoms with van der Waals surface area (Å²) in [5.74, 6) is 1.25. The molecule has 0 aliphatic rings. The van der Waals surface area contributed by atoms with Crippen LogP contribution in [-0.2, 0) is 11.2 Å². The summed E-state index contributed by atoms with van der Waals surface area (Å²) in [6.07, 6.45) is 0.740. The summed E-state index contributed by atoms with van der Waals surface area (Å²) in [5, 5.41) is 12.5. The molecule has 0 bridgehead atoms. The number of ether oxygens (including phenoxy) is 2. The van der Waals surface area contributed by atoms with E-state index in [-0.39, 0.29) is 18.1 Å². The molecule has 0 radical (unpaired) electrons. The average molecular weight is 301 g/mol. The summed E-state index contributed by atoms with van der Waals surface area (Å²) in [4.78, 5) is 12.0. The van der Waals surface area contributed by atoms with Crippen LogP contribution in [0.2, 0.25) is 0 Å². The van der Waals surface area contributed by atoms with E-state index in [2.05, 4.69) is 5.32 Å². The van der Waals surface area contributed by atoms with Crippen molar-refractivity contribution >= 4 is 11.6 Å². The summed E-state index contributed by atoms with van der Waals surface area (Å²) in [6.45, 7) is 0. The predicted molar refractivity (Wildman–Crippen MR) is 84.6 cm³/mol. The molecule has 0 spiro atoms. The quantitative estimate of drug-likeness (QED) is 0.860. The Bertz CT molecular complexity index is 655. The third kappa shape index (κ3) is 3.91. The molecule has 0 atom stereocenters. The summed E-state index contributed by atoms with van der Waals surface area (Å²) in [7, 11) is 3.10. The molecule has 0 saturated carbocycles. The molecule has 116 valence electrons. The lowest BCUT2D eigenvalue weighted by Crippen LogP contribution is -2.13. The molecule has 0 fully saturated rings. The maximum absolute atomic E-state index is 12.0. The zero-order chi connectivity index (χ0) is 15.9. The summed E-state index contributed by atoms with van der Waals surface area (Å²) in [6, 6.07) is 12.2. The van der Waals surface area contributed by atoms with E-state index in [0.717, 1.165) is 5.56 Å². The number of amides is 1. The largest absolute Gasteiger partial charge is 0.508 e. The number of hydrogen-bond donors (Lipinski definition) is 2. The maximum Gasteiger partial charge on any atom is 0.224 e. The van der Waals surface area contributed by atoms with Crippen LogP contribution in [0.15, 0.2) is 42.5 Å². The van der Waals surface area contributed by atoms with E-state index < -0.39 is 0 Å². The van der Waals surface area contributed by atoms with Crippen molar-refractivity contribution < 1.29 is 19.4 Å². The smallest absolute Gasteiger partial charge is 0.224 e. The fourth-order valence-electron chi connectivity index (χ4n) is 2.08. The molecule has 5 nitrogen and oxygen atoms in total. The van der Waals surface area contributed by atoms with Crippen molar-refractivity contribution in [1.82, 2.24) is 0 Å². The van der Waals surface area contributed by atoms with Gasteiger partial charge in [0.25, 0.3) is 0 Å². The first kappa shape index (κ1) is 15.7. The van der Waals surface area contributed by atoms with Crippen LogP contribution in [0, 0.1) is 0 Å². The zero-order valence-electron chi connectivity index (χ0n) is 12.6. The number of anilines is 1. The van der Waals surface area contributed by atoms with Crippen LogP contribution in [0.3, 0.4) is 0 Å². The second-order valence-corrected chi connectivity index (χ2v) is 4.74. The van der Waals surface area contributed by atoms with Gasteiger partial charge in [-0.3, -0.25) is 4.79 Å². The number of benzene rings is 2. The number of aryl methyl sites for hydroxylation is 1. The average Bonchev–Trinajstić information content (AvgIpc) is 2.54. The van der Waals surface area contributed by atoms with Gasteiger partial charge in [-0.1, -0.05) is 18.2 Å². The van der Waals surface area contributed by atoms with Gasteiger partial charge in [-0.25, -0.2) is 0 Å². The maximum atomic E-state index is 12.0. The first-order chi connectivity index (χ1) is 10.6. The van der Waals surface area contributed by atoms with Crippen molar-refractivity contribution in [2.45, 2.75) is 12.8 Å². The van der Waals surface area contributed by atoms with Gasteiger partial charge in [-0.2, -0.15) is 0 Å². The Balaban J connectivity index is 1.99. The Hall–Kier alpha value is -2.69. The first-order valence-electron chi connectivity index (χ1n) is 6.92. The summed E-state index contributed by atoms with van der Waals surface area (Å²) in [5.41, 5.74) is 1.34. The highest BCUT2D eigenvalue weighted by Gasteiger charge is 2.10. The number of aromatic hydroxyl groups is 1. The van der Waals surface area contributed by atoms with Crippen LogP contribution in [0.4, 0.5) is 5.69 Å².